The zero-order valence-corrected chi connectivity index (χ0v) is 11.1. The van der Waals surface area contributed by atoms with Gasteiger partial charge < -0.3 is 10.4 Å². The molecule has 0 amide bonds. The standard InChI is InChI=1S/C13H27NO2/c1-5-7-8-12(6-2)9-14-11(4)10(3)13(15)16/h10-12,14H,5-9H2,1-4H3,(H,15,16). The van der Waals surface area contributed by atoms with Crippen LogP contribution in [0, 0.1) is 11.8 Å². The summed E-state index contributed by atoms with van der Waals surface area (Å²) in [6.07, 6.45) is 4.91. The summed E-state index contributed by atoms with van der Waals surface area (Å²) in [7, 11) is 0. The van der Waals surface area contributed by atoms with Gasteiger partial charge in [-0.25, -0.2) is 0 Å². The van der Waals surface area contributed by atoms with E-state index in [2.05, 4.69) is 19.2 Å². The molecule has 0 aliphatic heterocycles. The molecule has 2 N–H and O–H groups in total. The number of nitrogens with one attached hydrogen (secondary N) is 1. The Morgan fingerprint density at radius 2 is 1.94 bits per heavy atom. The minimum atomic E-state index is -0.721. The Morgan fingerprint density at radius 3 is 2.38 bits per heavy atom. The van der Waals surface area contributed by atoms with Crippen molar-refractivity contribution in [3.63, 3.8) is 0 Å². The van der Waals surface area contributed by atoms with E-state index in [1.165, 1.54) is 25.7 Å². The van der Waals surface area contributed by atoms with Crippen LogP contribution in [-0.4, -0.2) is 23.7 Å². The van der Waals surface area contributed by atoms with E-state index in [-0.39, 0.29) is 12.0 Å². The van der Waals surface area contributed by atoms with Crippen LogP contribution >= 0.6 is 0 Å². The average Bonchev–Trinajstić information content (AvgIpc) is 2.27. The first-order valence-corrected chi connectivity index (χ1v) is 6.49. The van der Waals surface area contributed by atoms with Crippen molar-refractivity contribution < 1.29 is 9.90 Å². The van der Waals surface area contributed by atoms with Gasteiger partial charge in [-0.1, -0.05) is 40.0 Å². The number of carbonyl (C=O) groups is 1. The number of unbranched alkanes of at least 4 members (excludes halogenated alkanes) is 1. The first kappa shape index (κ1) is 15.4. The summed E-state index contributed by atoms with van der Waals surface area (Å²) in [5.74, 6) is -0.353. The molecule has 0 bridgehead atoms. The quantitative estimate of drug-likeness (QED) is 0.639. The summed E-state index contributed by atoms with van der Waals surface area (Å²) in [6.45, 7) is 9.05. The largest absolute Gasteiger partial charge is 0.481 e. The smallest absolute Gasteiger partial charge is 0.307 e. The van der Waals surface area contributed by atoms with Gasteiger partial charge in [0.1, 0.15) is 0 Å². The number of hydrogen-bond acceptors (Lipinski definition) is 2. The van der Waals surface area contributed by atoms with Gasteiger partial charge in [-0.2, -0.15) is 0 Å². The lowest BCUT2D eigenvalue weighted by molar-refractivity contribution is -0.141. The Morgan fingerprint density at radius 1 is 1.31 bits per heavy atom. The first-order valence-electron chi connectivity index (χ1n) is 6.49. The lowest BCUT2D eigenvalue weighted by Gasteiger charge is -2.22. The highest BCUT2D eigenvalue weighted by Gasteiger charge is 2.19. The Bertz CT molecular complexity index is 194. The van der Waals surface area contributed by atoms with Gasteiger partial charge in [0, 0.05) is 6.04 Å². The lowest BCUT2D eigenvalue weighted by Crippen LogP contribution is -2.38. The van der Waals surface area contributed by atoms with Crippen LogP contribution in [0.3, 0.4) is 0 Å². The van der Waals surface area contributed by atoms with E-state index in [9.17, 15) is 4.79 Å². The third-order valence-corrected chi connectivity index (χ3v) is 3.41. The van der Waals surface area contributed by atoms with Crippen LogP contribution in [0.15, 0.2) is 0 Å². The molecule has 3 atom stereocenters. The SMILES string of the molecule is CCCCC(CC)CNC(C)C(C)C(=O)O. The summed E-state index contributed by atoms with van der Waals surface area (Å²) in [6, 6.07) is 0.0492. The second-order valence-corrected chi connectivity index (χ2v) is 4.74. The molecular weight excluding hydrogens is 202 g/mol. The minimum Gasteiger partial charge on any atom is -0.481 e. The van der Waals surface area contributed by atoms with Crippen molar-refractivity contribution in [2.75, 3.05) is 6.54 Å². The van der Waals surface area contributed by atoms with E-state index in [4.69, 9.17) is 5.11 Å². The van der Waals surface area contributed by atoms with Crippen molar-refractivity contribution in [1.82, 2.24) is 5.32 Å². The Kier molecular flexibility index (Phi) is 8.26. The summed E-state index contributed by atoms with van der Waals surface area (Å²) in [5.41, 5.74) is 0. The molecule has 0 aliphatic rings. The molecule has 0 saturated heterocycles. The maximum atomic E-state index is 10.8. The van der Waals surface area contributed by atoms with Gasteiger partial charge >= 0.3 is 5.97 Å². The van der Waals surface area contributed by atoms with Crippen LogP contribution < -0.4 is 5.32 Å². The molecule has 0 heterocycles. The van der Waals surface area contributed by atoms with E-state index in [1.54, 1.807) is 6.92 Å². The molecule has 16 heavy (non-hydrogen) atoms. The van der Waals surface area contributed by atoms with Crippen LogP contribution in [0.2, 0.25) is 0 Å². The highest BCUT2D eigenvalue weighted by molar-refractivity contribution is 5.70. The zero-order valence-electron chi connectivity index (χ0n) is 11.1. The van der Waals surface area contributed by atoms with Gasteiger partial charge in [-0.05, 0) is 25.8 Å². The number of aliphatic carboxylic acids is 1. The molecule has 0 spiro atoms. The van der Waals surface area contributed by atoms with Gasteiger partial charge in [0.2, 0.25) is 0 Å². The van der Waals surface area contributed by atoms with E-state index in [0.29, 0.717) is 5.92 Å². The summed E-state index contributed by atoms with van der Waals surface area (Å²) < 4.78 is 0. The van der Waals surface area contributed by atoms with Crippen molar-refractivity contribution in [1.29, 1.82) is 0 Å². The number of carboxylic acids is 1. The Hall–Kier alpha value is -0.570. The fraction of sp³-hybridized carbons (Fsp3) is 0.923. The van der Waals surface area contributed by atoms with E-state index in [0.717, 1.165) is 6.54 Å². The molecule has 3 heteroatoms. The fourth-order valence-corrected chi connectivity index (χ4v) is 1.69. The van der Waals surface area contributed by atoms with Crippen molar-refractivity contribution in [2.45, 2.75) is 59.4 Å². The van der Waals surface area contributed by atoms with Crippen LogP contribution in [0.25, 0.3) is 0 Å². The van der Waals surface area contributed by atoms with Crippen molar-refractivity contribution in [2.24, 2.45) is 11.8 Å². The van der Waals surface area contributed by atoms with Crippen molar-refractivity contribution in [3.8, 4) is 0 Å². The van der Waals surface area contributed by atoms with Crippen LogP contribution in [0.4, 0.5) is 0 Å². The minimum absolute atomic E-state index is 0.0492. The number of rotatable bonds is 9. The number of hydrogen-bond donors (Lipinski definition) is 2. The molecule has 3 unspecified atom stereocenters. The fourth-order valence-electron chi connectivity index (χ4n) is 1.69. The molecule has 0 aliphatic carbocycles. The maximum Gasteiger partial charge on any atom is 0.307 e. The maximum absolute atomic E-state index is 10.8. The Labute approximate surface area is 99.6 Å². The molecule has 0 rings (SSSR count). The predicted octanol–water partition coefficient (Wildman–Crippen LogP) is 2.90. The summed E-state index contributed by atoms with van der Waals surface area (Å²) in [4.78, 5) is 10.8. The summed E-state index contributed by atoms with van der Waals surface area (Å²) >= 11 is 0. The molecule has 0 radical (unpaired) electrons. The van der Waals surface area contributed by atoms with Crippen LogP contribution in [0.5, 0.6) is 0 Å². The molecule has 3 nitrogen and oxygen atoms in total. The highest BCUT2D eigenvalue weighted by atomic mass is 16.4. The third-order valence-electron chi connectivity index (χ3n) is 3.41. The molecular formula is C13H27NO2. The lowest BCUT2D eigenvalue weighted by atomic mass is 9.97. The molecule has 0 saturated carbocycles. The summed E-state index contributed by atoms with van der Waals surface area (Å²) in [5, 5.41) is 12.2. The normalized spacial score (nSPS) is 16.8. The van der Waals surface area contributed by atoms with Gasteiger partial charge in [-0.3, -0.25) is 4.79 Å². The Balaban J connectivity index is 3.86. The van der Waals surface area contributed by atoms with Crippen molar-refractivity contribution >= 4 is 5.97 Å². The topological polar surface area (TPSA) is 49.3 Å². The van der Waals surface area contributed by atoms with Gasteiger partial charge in [-0.15, -0.1) is 0 Å². The highest BCUT2D eigenvalue weighted by Crippen LogP contribution is 2.12. The second-order valence-electron chi connectivity index (χ2n) is 4.74. The molecule has 96 valence electrons. The average molecular weight is 229 g/mol. The molecule has 0 aromatic rings. The van der Waals surface area contributed by atoms with E-state index in [1.807, 2.05) is 6.92 Å². The molecule has 0 fully saturated rings. The van der Waals surface area contributed by atoms with Crippen LogP contribution in [0.1, 0.15) is 53.4 Å². The third kappa shape index (κ3) is 6.11. The predicted molar refractivity (Wildman–Crippen MR) is 67.6 cm³/mol. The molecule has 0 aromatic heterocycles. The van der Waals surface area contributed by atoms with Gasteiger partial charge in [0.05, 0.1) is 5.92 Å². The van der Waals surface area contributed by atoms with Crippen LogP contribution in [-0.2, 0) is 4.79 Å². The second kappa shape index (κ2) is 8.57. The zero-order chi connectivity index (χ0) is 12.6. The monoisotopic (exact) mass is 229 g/mol. The van der Waals surface area contributed by atoms with Crippen molar-refractivity contribution in [3.05, 3.63) is 0 Å². The van der Waals surface area contributed by atoms with Gasteiger partial charge in [0.15, 0.2) is 0 Å². The number of carboxylic acid groups (broad SMARTS) is 1. The van der Waals surface area contributed by atoms with E-state index >= 15 is 0 Å². The van der Waals surface area contributed by atoms with E-state index < -0.39 is 5.97 Å². The van der Waals surface area contributed by atoms with Gasteiger partial charge in [0.25, 0.3) is 0 Å². The molecule has 0 aromatic carbocycles. The first-order chi connectivity index (χ1) is 7.52.